The van der Waals surface area contributed by atoms with Gasteiger partial charge in [-0.25, -0.2) is 17.1 Å². The predicted octanol–water partition coefficient (Wildman–Crippen LogP) is 0.720. The Bertz CT molecular complexity index is 546. The standard InChI is InChI=1S/C11H18FN3O3S/c1-15(2)19(16,17)5-4-14-10-7-11(18-3)9(13)6-8(10)12/h6-7,14H,4-5,13H2,1-3H3. The molecule has 0 amide bonds. The quantitative estimate of drug-likeness (QED) is 0.754. The van der Waals surface area contributed by atoms with Gasteiger partial charge in [-0.1, -0.05) is 0 Å². The molecule has 0 atom stereocenters. The number of hydrogen-bond acceptors (Lipinski definition) is 5. The zero-order chi connectivity index (χ0) is 14.6. The zero-order valence-electron chi connectivity index (χ0n) is 11.1. The molecule has 0 aliphatic rings. The molecular weight excluding hydrogens is 273 g/mol. The lowest BCUT2D eigenvalue weighted by Gasteiger charge is -2.13. The Balaban J connectivity index is 2.74. The van der Waals surface area contributed by atoms with Crippen molar-refractivity contribution in [3.63, 3.8) is 0 Å². The van der Waals surface area contributed by atoms with Crippen LogP contribution < -0.4 is 15.8 Å². The van der Waals surface area contributed by atoms with E-state index in [0.717, 1.165) is 10.4 Å². The lowest BCUT2D eigenvalue weighted by atomic mass is 10.2. The SMILES string of the molecule is COc1cc(NCCS(=O)(=O)N(C)C)c(F)cc1N. The molecule has 0 aliphatic heterocycles. The summed E-state index contributed by atoms with van der Waals surface area (Å²) in [7, 11) is 1.00. The van der Waals surface area contributed by atoms with E-state index in [-0.39, 0.29) is 23.7 Å². The van der Waals surface area contributed by atoms with Crippen LogP contribution in [0, 0.1) is 5.82 Å². The zero-order valence-corrected chi connectivity index (χ0v) is 11.9. The van der Waals surface area contributed by atoms with Crippen LogP contribution in [0.2, 0.25) is 0 Å². The molecule has 0 bridgehead atoms. The number of nitrogen functional groups attached to an aromatic ring is 1. The van der Waals surface area contributed by atoms with E-state index in [1.165, 1.54) is 27.3 Å². The minimum Gasteiger partial charge on any atom is -0.495 e. The number of benzene rings is 1. The molecule has 0 saturated carbocycles. The first-order valence-electron chi connectivity index (χ1n) is 5.55. The molecule has 0 saturated heterocycles. The highest BCUT2D eigenvalue weighted by molar-refractivity contribution is 7.89. The summed E-state index contributed by atoms with van der Waals surface area (Å²) in [6, 6.07) is 2.52. The third-order valence-electron chi connectivity index (χ3n) is 2.55. The predicted molar refractivity (Wildman–Crippen MR) is 73.3 cm³/mol. The van der Waals surface area contributed by atoms with E-state index in [2.05, 4.69) is 5.32 Å². The number of methoxy groups -OCH3 is 1. The number of ether oxygens (including phenoxy) is 1. The Labute approximate surface area is 112 Å². The number of nitrogens with one attached hydrogen (secondary N) is 1. The number of nitrogens with two attached hydrogens (primary N) is 1. The second-order valence-corrected chi connectivity index (χ2v) is 6.40. The molecular formula is C11H18FN3O3S. The van der Waals surface area contributed by atoms with Crippen LogP contribution in [-0.2, 0) is 10.0 Å². The molecule has 19 heavy (non-hydrogen) atoms. The van der Waals surface area contributed by atoms with Gasteiger partial charge in [0.25, 0.3) is 0 Å². The highest BCUT2D eigenvalue weighted by atomic mass is 32.2. The van der Waals surface area contributed by atoms with Gasteiger partial charge in [0, 0.05) is 32.8 Å². The first-order valence-corrected chi connectivity index (χ1v) is 7.16. The van der Waals surface area contributed by atoms with Gasteiger partial charge in [0.2, 0.25) is 10.0 Å². The molecule has 0 aromatic heterocycles. The molecule has 0 radical (unpaired) electrons. The van der Waals surface area contributed by atoms with Crippen molar-refractivity contribution >= 4 is 21.4 Å². The molecule has 1 aromatic carbocycles. The molecule has 1 rings (SSSR count). The normalized spacial score (nSPS) is 11.6. The summed E-state index contributed by atoms with van der Waals surface area (Å²) >= 11 is 0. The van der Waals surface area contributed by atoms with E-state index < -0.39 is 15.8 Å². The van der Waals surface area contributed by atoms with Gasteiger partial charge in [-0.2, -0.15) is 0 Å². The maximum absolute atomic E-state index is 13.6. The van der Waals surface area contributed by atoms with Crippen LogP contribution >= 0.6 is 0 Å². The minimum atomic E-state index is -3.31. The Kier molecular flexibility index (Phi) is 4.96. The van der Waals surface area contributed by atoms with E-state index in [9.17, 15) is 12.8 Å². The van der Waals surface area contributed by atoms with E-state index in [0.29, 0.717) is 5.75 Å². The average Bonchev–Trinajstić information content (AvgIpc) is 2.31. The van der Waals surface area contributed by atoms with Gasteiger partial charge < -0.3 is 15.8 Å². The van der Waals surface area contributed by atoms with E-state index >= 15 is 0 Å². The maximum Gasteiger partial charge on any atom is 0.215 e. The lowest BCUT2D eigenvalue weighted by molar-refractivity contribution is 0.416. The minimum absolute atomic E-state index is 0.0878. The van der Waals surface area contributed by atoms with Gasteiger partial charge in [-0.3, -0.25) is 0 Å². The number of rotatable bonds is 6. The first-order chi connectivity index (χ1) is 8.77. The molecule has 0 unspecified atom stereocenters. The second kappa shape index (κ2) is 6.07. The van der Waals surface area contributed by atoms with Crippen LogP contribution in [0.3, 0.4) is 0 Å². The summed E-state index contributed by atoms with van der Waals surface area (Å²) in [6.07, 6.45) is 0. The molecule has 0 aliphatic carbocycles. The largest absolute Gasteiger partial charge is 0.495 e. The summed E-state index contributed by atoms with van der Waals surface area (Å²) in [6.45, 7) is 0.0878. The monoisotopic (exact) mass is 291 g/mol. The number of anilines is 2. The van der Waals surface area contributed by atoms with Crippen molar-refractivity contribution in [3.05, 3.63) is 17.9 Å². The van der Waals surface area contributed by atoms with Gasteiger partial charge in [0.15, 0.2) is 0 Å². The van der Waals surface area contributed by atoms with Crippen LogP contribution in [0.5, 0.6) is 5.75 Å². The Hall–Kier alpha value is -1.54. The number of sulfonamides is 1. The summed E-state index contributed by atoms with van der Waals surface area (Å²) in [5.74, 6) is -0.355. The molecule has 6 nitrogen and oxygen atoms in total. The van der Waals surface area contributed by atoms with Crippen molar-refractivity contribution in [1.29, 1.82) is 0 Å². The van der Waals surface area contributed by atoms with E-state index in [1.807, 2.05) is 0 Å². The molecule has 3 N–H and O–H groups in total. The maximum atomic E-state index is 13.6. The van der Waals surface area contributed by atoms with E-state index in [1.54, 1.807) is 0 Å². The fourth-order valence-electron chi connectivity index (χ4n) is 1.38. The highest BCUT2D eigenvalue weighted by Crippen LogP contribution is 2.28. The van der Waals surface area contributed by atoms with Crippen LogP contribution in [-0.4, -0.2) is 46.2 Å². The number of nitrogens with zero attached hydrogens (tertiary/aromatic N) is 1. The average molecular weight is 291 g/mol. The second-order valence-electron chi connectivity index (χ2n) is 4.10. The summed E-state index contributed by atoms with van der Waals surface area (Å²) in [4.78, 5) is 0. The smallest absolute Gasteiger partial charge is 0.215 e. The molecule has 1 aromatic rings. The third-order valence-corrected chi connectivity index (χ3v) is 4.38. The third kappa shape index (κ3) is 3.97. The van der Waals surface area contributed by atoms with Crippen molar-refractivity contribution in [2.75, 3.05) is 44.6 Å². The summed E-state index contributed by atoms with van der Waals surface area (Å²) in [5.41, 5.74) is 5.88. The first kappa shape index (κ1) is 15.5. The van der Waals surface area contributed by atoms with Crippen LogP contribution in [0.4, 0.5) is 15.8 Å². The topological polar surface area (TPSA) is 84.7 Å². The molecule has 0 heterocycles. The van der Waals surface area contributed by atoms with Crippen molar-refractivity contribution in [2.45, 2.75) is 0 Å². The van der Waals surface area contributed by atoms with Gasteiger partial charge in [0.05, 0.1) is 24.2 Å². The van der Waals surface area contributed by atoms with Crippen molar-refractivity contribution in [1.82, 2.24) is 4.31 Å². The molecule has 8 heteroatoms. The lowest BCUT2D eigenvalue weighted by Crippen LogP contribution is -2.28. The number of hydrogen-bond donors (Lipinski definition) is 2. The molecule has 108 valence electrons. The number of halogens is 1. The highest BCUT2D eigenvalue weighted by Gasteiger charge is 2.14. The molecule has 0 spiro atoms. The fraction of sp³-hybridized carbons (Fsp3) is 0.455. The van der Waals surface area contributed by atoms with Crippen molar-refractivity contribution in [2.24, 2.45) is 0 Å². The van der Waals surface area contributed by atoms with Gasteiger partial charge >= 0.3 is 0 Å². The Morgan fingerprint density at radius 1 is 1.42 bits per heavy atom. The van der Waals surface area contributed by atoms with Gasteiger partial charge in [-0.15, -0.1) is 0 Å². The fourth-order valence-corrected chi connectivity index (χ4v) is 2.10. The van der Waals surface area contributed by atoms with Gasteiger partial charge in [0.1, 0.15) is 11.6 Å². The van der Waals surface area contributed by atoms with Gasteiger partial charge in [-0.05, 0) is 0 Å². The summed E-state index contributed by atoms with van der Waals surface area (Å²) in [5, 5.41) is 2.71. The summed E-state index contributed by atoms with van der Waals surface area (Å²) < 4.78 is 42.7. The van der Waals surface area contributed by atoms with Crippen LogP contribution in [0.25, 0.3) is 0 Å². The van der Waals surface area contributed by atoms with Crippen LogP contribution in [0.15, 0.2) is 12.1 Å². The van der Waals surface area contributed by atoms with Crippen LogP contribution in [0.1, 0.15) is 0 Å². The van der Waals surface area contributed by atoms with Crippen molar-refractivity contribution in [3.8, 4) is 5.75 Å². The van der Waals surface area contributed by atoms with Crippen molar-refractivity contribution < 1.29 is 17.5 Å². The Morgan fingerprint density at radius 3 is 2.58 bits per heavy atom. The Morgan fingerprint density at radius 2 is 2.05 bits per heavy atom. The molecule has 0 fully saturated rings. The van der Waals surface area contributed by atoms with E-state index in [4.69, 9.17) is 10.5 Å².